The Balaban J connectivity index is 1.82. The van der Waals surface area contributed by atoms with E-state index in [1.54, 1.807) is 54.6 Å². The number of benzene rings is 3. The monoisotopic (exact) mass is 414 g/mol. The van der Waals surface area contributed by atoms with E-state index in [1.807, 2.05) is 6.07 Å². The molecule has 0 atom stereocenters. The minimum absolute atomic E-state index is 0.120. The van der Waals surface area contributed by atoms with E-state index in [-0.39, 0.29) is 5.41 Å². The minimum Gasteiger partial charge on any atom is -0.457 e. The van der Waals surface area contributed by atoms with Gasteiger partial charge in [-0.25, -0.2) is 0 Å². The van der Waals surface area contributed by atoms with Crippen molar-refractivity contribution in [3.05, 3.63) is 81.8 Å². The van der Waals surface area contributed by atoms with Gasteiger partial charge in [0.15, 0.2) is 0 Å². The molecule has 0 N–H and O–H groups in total. The highest BCUT2D eigenvalue weighted by Crippen LogP contribution is 2.36. The van der Waals surface area contributed by atoms with Crippen molar-refractivity contribution in [3.63, 3.8) is 0 Å². The molecular weight excluding hydrogens is 395 g/mol. The summed E-state index contributed by atoms with van der Waals surface area (Å²) in [4.78, 5) is 11.1. The zero-order valence-electron chi connectivity index (χ0n) is 15.8. The third-order valence-electron chi connectivity index (χ3n) is 4.12. The molecule has 0 amide bonds. The van der Waals surface area contributed by atoms with Crippen molar-refractivity contribution in [2.75, 3.05) is 0 Å². The predicted molar refractivity (Wildman–Crippen MR) is 114 cm³/mol. The van der Waals surface area contributed by atoms with Crippen LogP contribution in [-0.4, -0.2) is 6.29 Å². The second kappa shape index (κ2) is 8.26. The number of ether oxygens (including phenoxy) is 2. The van der Waals surface area contributed by atoms with Gasteiger partial charge in [0.05, 0.1) is 5.02 Å². The Labute approximate surface area is 174 Å². The maximum Gasteiger partial charge on any atom is 0.150 e. The first-order valence-electron chi connectivity index (χ1n) is 8.77. The smallest absolute Gasteiger partial charge is 0.150 e. The fraction of sp³-hybridized carbons (Fsp3) is 0.174. The van der Waals surface area contributed by atoms with Crippen LogP contribution in [-0.2, 0) is 5.41 Å². The summed E-state index contributed by atoms with van der Waals surface area (Å²) in [6, 6.07) is 17.7. The highest BCUT2D eigenvalue weighted by Gasteiger charge is 2.20. The molecule has 0 aliphatic heterocycles. The lowest BCUT2D eigenvalue weighted by Crippen LogP contribution is -2.12. The SMILES string of the molecule is CC(C)(C)c1ccc(C=O)cc1Oc1ccc(Oc2ccc(Cl)cc2Cl)cc1. The lowest BCUT2D eigenvalue weighted by molar-refractivity contribution is 0.112. The van der Waals surface area contributed by atoms with Crippen molar-refractivity contribution in [1.29, 1.82) is 0 Å². The van der Waals surface area contributed by atoms with Gasteiger partial charge in [-0.2, -0.15) is 0 Å². The van der Waals surface area contributed by atoms with Crippen LogP contribution in [0.1, 0.15) is 36.7 Å². The molecule has 28 heavy (non-hydrogen) atoms. The van der Waals surface area contributed by atoms with Crippen molar-refractivity contribution in [1.82, 2.24) is 0 Å². The molecule has 0 unspecified atom stereocenters. The number of hydrogen-bond acceptors (Lipinski definition) is 3. The maximum absolute atomic E-state index is 11.1. The molecule has 0 saturated heterocycles. The molecule has 3 rings (SSSR count). The third kappa shape index (κ3) is 4.86. The van der Waals surface area contributed by atoms with Crippen LogP contribution in [0.4, 0.5) is 0 Å². The molecule has 0 aromatic heterocycles. The van der Waals surface area contributed by atoms with Crippen LogP contribution >= 0.6 is 23.2 Å². The first-order valence-corrected chi connectivity index (χ1v) is 9.52. The number of rotatable bonds is 5. The zero-order valence-corrected chi connectivity index (χ0v) is 17.3. The minimum atomic E-state index is -0.120. The number of carbonyl (C=O) groups is 1. The first-order chi connectivity index (χ1) is 13.3. The van der Waals surface area contributed by atoms with Crippen molar-refractivity contribution in [3.8, 4) is 23.0 Å². The summed E-state index contributed by atoms with van der Waals surface area (Å²) < 4.78 is 11.9. The lowest BCUT2D eigenvalue weighted by Gasteiger charge is -2.23. The summed E-state index contributed by atoms with van der Waals surface area (Å²) in [6.45, 7) is 6.30. The van der Waals surface area contributed by atoms with E-state index < -0.39 is 0 Å². The van der Waals surface area contributed by atoms with E-state index in [9.17, 15) is 4.79 Å². The van der Waals surface area contributed by atoms with Crippen molar-refractivity contribution in [2.24, 2.45) is 0 Å². The molecule has 3 aromatic rings. The topological polar surface area (TPSA) is 35.5 Å². The number of halogens is 2. The molecule has 0 bridgehead atoms. The molecule has 0 aliphatic rings. The van der Waals surface area contributed by atoms with E-state index >= 15 is 0 Å². The fourth-order valence-electron chi connectivity index (χ4n) is 2.70. The van der Waals surface area contributed by atoms with Gasteiger partial charge in [-0.15, -0.1) is 0 Å². The van der Waals surface area contributed by atoms with E-state index in [2.05, 4.69) is 20.8 Å². The molecule has 144 valence electrons. The Morgan fingerprint density at radius 1 is 0.786 bits per heavy atom. The highest BCUT2D eigenvalue weighted by molar-refractivity contribution is 6.35. The van der Waals surface area contributed by atoms with Gasteiger partial charge < -0.3 is 9.47 Å². The Hall–Kier alpha value is -2.49. The fourth-order valence-corrected chi connectivity index (χ4v) is 3.15. The van der Waals surface area contributed by atoms with Crippen LogP contribution < -0.4 is 9.47 Å². The van der Waals surface area contributed by atoms with Gasteiger partial charge in [-0.05, 0) is 53.9 Å². The Bertz CT molecular complexity index is 990. The van der Waals surface area contributed by atoms with Crippen LogP contribution in [0.25, 0.3) is 0 Å². The van der Waals surface area contributed by atoms with Gasteiger partial charge in [0, 0.05) is 16.1 Å². The predicted octanol–water partition coefficient (Wildman–Crippen LogP) is 7.69. The number of carbonyl (C=O) groups excluding carboxylic acids is 1. The quantitative estimate of drug-likeness (QED) is 0.401. The maximum atomic E-state index is 11.1. The second-order valence-electron chi connectivity index (χ2n) is 7.37. The summed E-state index contributed by atoms with van der Waals surface area (Å²) in [5, 5.41) is 0.988. The zero-order chi connectivity index (χ0) is 20.3. The van der Waals surface area contributed by atoms with Crippen molar-refractivity contribution in [2.45, 2.75) is 26.2 Å². The summed E-state index contributed by atoms with van der Waals surface area (Å²) >= 11 is 12.0. The van der Waals surface area contributed by atoms with Gasteiger partial charge >= 0.3 is 0 Å². The normalized spacial score (nSPS) is 11.2. The Morgan fingerprint density at radius 3 is 1.93 bits per heavy atom. The molecule has 0 radical (unpaired) electrons. The molecule has 0 fully saturated rings. The molecular formula is C23H20Cl2O3. The third-order valence-corrected chi connectivity index (χ3v) is 4.65. The van der Waals surface area contributed by atoms with Gasteiger partial charge in [0.1, 0.15) is 29.3 Å². The Morgan fingerprint density at radius 2 is 1.39 bits per heavy atom. The highest BCUT2D eigenvalue weighted by atomic mass is 35.5. The van der Waals surface area contributed by atoms with Gasteiger partial charge in [0.2, 0.25) is 0 Å². The molecule has 0 aliphatic carbocycles. The number of hydrogen-bond donors (Lipinski definition) is 0. The Kier molecular flexibility index (Phi) is 5.97. The largest absolute Gasteiger partial charge is 0.457 e. The van der Waals surface area contributed by atoms with Crippen LogP contribution in [0.3, 0.4) is 0 Å². The van der Waals surface area contributed by atoms with Crippen molar-refractivity contribution < 1.29 is 14.3 Å². The van der Waals surface area contributed by atoms with Crippen LogP contribution in [0.5, 0.6) is 23.0 Å². The molecule has 3 aromatic carbocycles. The lowest BCUT2D eigenvalue weighted by atomic mass is 9.86. The number of aldehydes is 1. The van der Waals surface area contributed by atoms with Crippen LogP contribution in [0.2, 0.25) is 10.0 Å². The van der Waals surface area contributed by atoms with E-state index in [4.69, 9.17) is 32.7 Å². The average molecular weight is 415 g/mol. The summed E-state index contributed by atoms with van der Waals surface area (Å²) in [7, 11) is 0. The van der Waals surface area contributed by atoms with Crippen LogP contribution in [0, 0.1) is 0 Å². The van der Waals surface area contributed by atoms with Crippen LogP contribution in [0.15, 0.2) is 60.7 Å². The summed E-state index contributed by atoms with van der Waals surface area (Å²) in [5.74, 6) is 2.44. The molecule has 0 heterocycles. The molecule has 0 spiro atoms. The second-order valence-corrected chi connectivity index (χ2v) is 8.22. The van der Waals surface area contributed by atoms with Gasteiger partial charge in [-0.3, -0.25) is 4.79 Å². The molecule has 0 saturated carbocycles. The van der Waals surface area contributed by atoms with Crippen molar-refractivity contribution >= 4 is 29.5 Å². The van der Waals surface area contributed by atoms with E-state index in [1.165, 1.54) is 0 Å². The van der Waals surface area contributed by atoms with Gasteiger partial charge in [0.25, 0.3) is 0 Å². The van der Waals surface area contributed by atoms with Gasteiger partial charge in [-0.1, -0.05) is 56.1 Å². The van der Waals surface area contributed by atoms with E-state index in [0.29, 0.717) is 38.6 Å². The van der Waals surface area contributed by atoms with E-state index in [0.717, 1.165) is 11.8 Å². The molecule has 3 nitrogen and oxygen atoms in total. The standard InChI is InChI=1S/C23H20Cl2O3/c1-23(2,3)19-10-4-15(14-26)12-22(19)28-18-8-6-17(7-9-18)27-21-11-5-16(24)13-20(21)25/h4-14H,1-3H3. The summed E-state index contributed by atoms with van der Waals surface area (Å²) in [5.41, 5.74) is 1.47. The molecule has 5 heteroatoms. The average Bonchev–Trinajstić information content (AvgIpc) is 2.64. The first kappa shape index (κ1) is 20.2. The summed E-state index contributed by atoms with van der Waals surface area (Å²) in [6.07, 6.45) is 0.812.